The fraction of sp³-hybridized carbons (Fsp3) is 0.250. The van der Waals surface area contributed by atoms with Crippen LogP contribution >= 0.6 is 23.2 Å². The van der Waals surface area contributed by atoms with Gasteiger partial charge in [-0.2, -0.15) is 0 Å². The van der Waals surface area contributed by atoms with Crippen LogP contribution in [0.25, 0.3) is 0 Å². The molecule has 1 aromatic rings. The summed E-state index contributed by atoms with van der Waals surface area (Å²) in [5, 5.41) is 0.194. The van der Waals surface area contributed by atoms with Crippen LogP contribution in [0.3, 0.4) is 0 Å². The summed E-state index contributed by atoms with van der Waals surface area (Å²) >= 11 is 9.53. The van der Waals surface area contributed by atoms with E-state index >= 15 is 0 Å². The van der Waals surface area contributed by atoms with Crippen LogP contribution < -0.4 is 0 Å². The van der Waals surface area contributed by atoms with Crippen molar-refractivity contribution in [1.82, 2.24) is 0 Å². The second-order valence-corrected chi connectivity index (χ2v) is 2.90. The molecule has 0 saturated carbocycles. The summed E-state index contributed by atoms with van der Waals surface area (Å²) in [5.41, 5.74) is 0.110. The molecule has 0 heterocycles. The maximum atomic E-state index is 12.4. The van der Waals surface area contributed by atoms with E-state index in [1.54, 1.807) is 0 Å². The molecule has 13 heavy (non-hydrogen) atoms. The molecule has 0 N–H and O–H groups in total. The van der Waals surface area contributed by atoms with Crippen LogP contribution in [0.5, 0.6) is 0 Å². The summed E-state index contributed by atoms with van der Waals surface area (Å²) in [4.78, 5) is 0. The van der Waals surface area contributed by atoms with Gasteiger partial charge in [-0.05, 0) is 18.6 Å². The van der Waals surface area contributed by atoms with Crippen LogP contribution in [-0.2, 0) is 0 Å². The highest BCUT2D eigenvalue weighted by Gasteiger charge is 2.09. The summed E-state index contributed by atoms with van der Waals surface area (Å²) < 4.78 is 36.8. The lowest BCUT2D eigenvalue weighted by atomic mass is 10.2. The number of aryl methyl sites for hydroxylation is 1. The average Bonchev–Trinajstić information content (AvgIpc) is 2.10. The van der Waals surface area contributed by atoms with E-state index in [4.69, 9.17) is 23.2 Å². The molecule has 1 rings (SSSR count). The van der Waals surface area contributed by atoms with Crippen molar-refractivity contribution in [2.75, 3.05) is 5.34 Å². The highest BCUT2D eigenvalue weighted by molar-refractivity contribution is 6.40. The van der Waals surface area contributed by atoms with Gasteiger partial charge < -0.3 is 0 Å². The Morgan fingerprint density at radius 1 is 1.08 bits per heavy atom. The van der Waals surface area contributed by atoms with Crippen LogP contribution in [0.1, 0.15) is 5.56 Å². The van der Waals surface area contributed by atoms with Gasteiger partial charge in [0.2, 0.25) is 0 Å². The van der Waals surface area contributed by atoms with Crippen LogP contribution in [0, 0.1) is 24.4 Å². The molecule has 0 nitrogen and oxygen atoms in total. The molecule has 74 valence electrons. The zero-order valence-corrected chi connectivity index (χ0v) is 8.26. The van der Waals surface area contributed by atoms with Crippen LogP contribution in [-0.4, -0.2) is 5.34 Å². The lowest BCUT2D eigenvalue weighted by Crippen LogP contribution is -1.92. The zero-order valence-electron chi connectivity index (χ0n) is 6.75. The second kappa shape index (κ2) is 6.11. The first-order valence-electron chi connectivity index (χ1n) is 3.26. The largest absolute Gasteiger partial charge is 0.204 e. The molecule has 0 atom stereocenters. The van der Waals surface area contributed by atoms with E-state index in [-0.39, 0.29) is 10.9 Å². The number of benzene rings is 1. The standard InChI is InChI=1S/C7H5F3.CH2Cl2/c1-4-2-3-5(8)7(10)6(4)9;2-1-3/h2-3H,1H3;1H2. The topological polar surface area (TPSA) is 0 Å². The van der Waals surface area contributed by atoms with E-state index < -0.39 is 17.5 Å². The first-order valence-corrected chi connectivity index (χ1v) is 4.33. The molecule has 1 aromatic carbocycles. The van der Waals surface area contributed by atoms with Crippen molar-refractivity contribution in [2.45, 2.75) is 6.92 Å². The lowest BCUT2D eigenvalue weighted by molar-refractivity contribution is 0.443. The number of rotatable bonds is 0. The van der Waals surface area contributed by atoms with E-state index in [2.05, 4.69) is 0 Å². The highest BCUT2D eigenvalue weighted by Crippen LogP contribution is 2.13. The average molecular weight is 231 g/mol. The molecule has 0 fully saturated rings. The molecule has 0 radical (unpaired) electrons. The highest BCUT2D eigenvalue weighted by atomic mass is 35.5. The molecule has 0 saturated heterocycles. The third-order valence-electron chi connectivity index (χ3n) is 1.23. The molecule has 0 aromatic heterocycles. The summed E-state index contributed by atoms with van der Waals surface area (Å²) in [7, 11) is 0. The maximum Gasteiger partial charge on any atom is 0.194 e. The third kappa shape index (κ3) is 3.87. The van der Waals surface area contributed by atoms with Gasteiger partial charge in [0.05, 0.1) is 5.34 Å². The van der Waals surface area contributed by atoms with Gasteiger partial charge in [-0.3, -0.25) is 0 Å². The Bertz CT molecular complexity index is 249. The summed E-state index contributed by atoms with van der Waals surface area (Å²) in [6.45, 7) is 1.37. The van der Waals surface area contributed by atoms with E-state index in [0.717, 1.165) is 6.07 Å². The molecule has 5 heteroatoms. The van der Waals surface area contributed by atoms with Crippen molar-refractivity contribution in [3.8, 4) is 0 Å². The Morgan fingerprint density at radius 2 is 1.54 bits per heavy atom. The predicted molar refractivity (Wildman–Crippen MR) is 47.6 cm³/mol. The molecule has 0 aliphatic heterocycles. The fourth-order valence-corrected chi connectivity index (χ4v) is 0.622. The van der Waals surface area contributed by atoms with Gasteiger partial charge in [0, 0.05) is 0 Å². The zero-order chi connectivity index (χ0) is 10.4. The SMILES string of the molecule is Cc1ccc(F)c(F)c1F.ClCCl. The van der Waals surface area contributed by atoms with Gasteiger partial charge in [-0.1, -0.05) is 6.07 Å². The number of alkyl halides is 2. The molecule has 0 spiro atoms. The third-order valence-corrected chi connectivity index (χ3v) is 1.23. The van der Waals surface area contributed by atoms with Crippen molar-refractivity contribution < 1.29 is 13.2 Å². The van der Waals surface area contributed by atoms with Gasteiger partial charge in [0.25, 0.3) is 0 Å². The van der Waals surface area contributed by atoms with Crippen LogP contribution in [0.2, 0.25) is 0 Å². The molecular weight excluding hydrogens is 224 g/mol. The minimum atomic E-state index is -1.40. The lowest BCUT2D eigenvalue weighted by Gasteiger charge is -1.96. The summed E-state index contributed by atoms with van der Waals surface area (Å²) in [6.07, 6.45) is 0. The summed E-state index contributed by atoms with van der Waals surface area (Å²) in [5.74, 6) is -3.66. The monoisotopic (exact) mass is 230 g/mol. The quantitative estimate of drug-likeness (QED) is 0.470. The fourth-order valence-electron chi connectivity index (χ4n) is 0.622. The first-order chi connectivity index (χ1) is 6.04. The van der Waals surface area contributed by atoms with Crippen LogP contribution in [0.15, 0.2) is 12.1 Å². The second-order valence-electron chi connectivity index (χ2n) is 2.09. The molecule has 0 amide bonds. The Morgan fingerprint density at radius 3 is 1.92 bits per heavy atom. The van der Waals surface area contributed by atoms with Gasteiger partial charge in [0.15, 0.2) is 17.5 Å². The van der Waals surface area contributed by atoms with E-state index in [0.29, 0.717) is 0 Å². The predicted octanol–water partition coefficient (Wildman–Crippen LogP) is 3.83. The maximum absolute atomic E-state index is 12.4. The Balaban J connectivity index is 0.000000424. The number of hydrogen-bond acceptors (Lipinski definition) is 0. The minimum absolute atomic E-state index is 0.110. The van der Waals surface area contributed by atoms with Crippen molar-refractivity contribution >= 4 is 23.2 Å². The van der Waals surface area contributed by atoms with E-state index in [9.17, 15) is 13.2 Å². The van der Waals surface area contributed by atoms with E-state index in [1.165, 1.54) is 13.0 Å². The van der Waals surface area contributed by atoms with Crippen LogP contribution in [0.4, 0.5) is 13.2 Å². The minimum Gasteiger partial charge on any atom is -0.204 e. The van der Waals surface area contributed by atoms with Gasteiger partial charge in [0.1, 0.15) is 0 Å². The molecule has 0 bridgehead atoms. The van der Waals surface area contributed by atoms with Gasteiger partial charge >= 0.3 is 0 Å². The van der Waals surface area contributed by atoms with Gasteiger partial charge in [-0.15, -0.1) is 23.2 Å². The van der Waals surface area contributed by atoms with Crippen molar-refractivity contribution in [3.05, 3.63) is 35.1 Å². The van der Waals surface area contributed by atoms with E-state index in [1.807, 2.05) is 0 Å². The number of halogens is 5. The van der Waals surface area contributed by atoms with Crippen molar-refractivity contribution in [3.63, 3.8) is 0 Å². The van der Waals surface area contributed by atoms with Crippen molar-refractivity contribution in [2.24, 2.45) is 0 Å². The van der Waals surface area contributed by atoms with Gasteiger partial charge in [-0.25, -0.2) is 13.2 Å². The summed E-state index contributed by atoms with van der Waals surface area (Å²) in [6, 6.07) is 2.08. The molecule has 0 aliphatic carbocycles. The smallest absolute Gasteiger partial charge is 0.194 e. The molecular formula is C8H7Cl2F3. The molecule has 0 unspecified atom stereocenters. The van der Waals surface area contributed by atoms with Crippen molar-refractivity contribution in [1.29, 1.82) is 0 Å². The Kier molecular flexibility index (Phi) is 5.91. The first kappa shape index (κ1) is 12.6. The Hall–Kier alpha value is -0.410. The Labute approximate surface area is 84.3 Å². The number of hydrogen-bond donors (Lipinski definition) is 0. The normalized spacial score (nSPS) is 9.08. The molecule has 0 aliphatic rings.